The van der Waals surface area contributed by atoms with E-state index in [9.17, 15) is 4.79 Å². The molecule has 0 atom stereocenters. The summed E-state index contributed by atoms with van der Waals surface area (Å²) in [6.07, 6.45) is 5.51. The van der Waals surface area contributed by atoms with Crippen molar-refractivity contribution >= 4 is 23.2 Å². The van der Waals surface area contributed by atoms with Crippen molar-refractivity contribution in [2.75, 3.05) is 45.2 Å². The van der Waals surface area contributed by atoms with Gasteiger partial charge in [-0.3, -0.25) is 4.79 Å². The van der Waals surface area contributed by atoms with Crippen molar-refractivity contribution in [1.29, 1.82) is 0 Å². The number of aryl methyl sites for hydroxylation is 1. The zero-order chi connectivity index (χ0) is 19.0. The Balaban J connectivity index is 1.58. The number of aromatic nitrogens is 3. The SMILES string of the molecule is Cc1nc2c(s1)CN(C(=O)CN(C)C)CC21CCN(c2ncccn2)CC1. The smallest absolute Gasteiger partial charge is 0.237 e. The number of hydrogen-bond acceptors (Lipinski definition) is 7. The number of anilines is 1. The lowest BCUT2D eigenvalue weighted by Gasteiger charge is -2.46. The summed E-state index contributed by atoms with van der Waals surface area (Å²) in [5.74, 6) is 0.989. The fourth-order valence-electron chi connectivity index (χ4n) is 4.19. The molecule has 1 fully saturated rings. The highest BCUT2D eigenvalue weighted by Crippen LogP contribution is 2.43. The van der Waals surface area contributed by atoms with Crippen LogP contribution in [0.4, 0.5) is 5.95 Å². The molecule has 2 aliphatic rings. The van der Waals surface area contributed by atoms with Gasteiger partial charge in [0.1, 0.15) is 0 Å². The van der Waals surface area contributed by atoms with Crippen LogP contribution in [0.5, 0.6) is 0 Å². The predicted octanol–water partition coefficient (Wildman–Crippen LogP) is 1.68. The van der Waals surface area contributed by atoms with Crippen molar-refractivity contribution in [2.24, 2.45) is 0 Å². The average molecular weight is 387 g/mol. The summed E-state index contributed by atoms with van der Waals surface area (Å²) in [7, 11) is 3.89. The minimum atomic E-state index is -0.0500. The van der Waals surface area contributed by atoms with Gasteiger partial charge in [0.25, 0.3) is 0 Å². The Morgan fingerprint density at radius 3 is 2.63 bits per heavy atom. The second-order valence-corrected chi connectivity index (χ2v) is 9.10. The first-order chi connectivity index (χ1) is 13.0. The molecule has 0 aliphatic carbocycles. The molecule has 2 aliphatic heterocycles. The number of amides is 1. The average Bonchev–Trinajstić information content (AvgIpc) is 3.04. The number of thiazole rings is 1. The molecule has 4 rings (SSSR count). The van der Waals surface area contributed by atoms with Crippen LogP contribution in [0.2, 0.25) is 0 Å². The van der Waals surface area contributed by atoms with E-state index in [-0.39, 0.29) is 11.3 Å². The highest BCUT2D eigenvalue weighted by Gasteiger charge is 2.45. The van der Waals surface area contributed by atoms with Crippen LogP contribution in [-0.2, 0) is 16.8 Å². The topological polar surface area (TPSA) is 65.5 Å². The van der Waals surface area contributed by atoms with Crippen LogP contribution in [-0.4, -0.2) is 70.9 Å². The van der Waals surface area contributed by atoms with E-state index in [1.165, 1.54) is 10.6 Å². The van der Waals surface area contributed by atoms with E-state index < -0.39 is 0 Å². The van der Waals surface area contributed by atoms with Crippen molar-refractivity contribution in [2.45, 2.75) is 31.7 Å². The van der Waals surface area contributed by atoms with Crippen molar-refractivity contribution in [3.63, 3.8) is 0 Å². The van der Waals surface area contributed by atoms with Gasteiger partial charge in [-0.25, -0.2) is 15.0 Å². The Morgan fingerprint density at radius 1 is 1.26 bits per heavy atom. The molecule has 1 saturated heterocycles. The zero-order valence-corrected chi connectivity index (χ0v) is 17.0. The van der Waals surface area contributed by atoms with E-state index in [0.717, 1.165) is 43.4 Å². The normalized spacial score (nSPS) is 18.8. The van der Waals surface area contributed by atoms with Gasteiger partial charge in [-0.05, 0) is 39.9 Å². The molecular formula is C19H26N6OS. The lowest BCUT2D eigenvalue weighted by molar-refractivity contribution is -0.134. The largest absolute Gasteiger partial charge is 0.341 e. The van der Waals surface area contributed by atoms with E-state index in [2.05, 4.69) is 21.8 Å². The summed E-state index contributed by atoms with van der Waals surface area (Å²) >= 11 is 1.74. The number of nitrogens with zero attached hydrogens (tertiary/aromatic N) is 6. The van der Waals surface area contributed by atoms with Crippen molar-refractivity contribution in [3.8, 4) is 0 Å². The monoisotopic (exact) mass is 386 g/mol. The van der Waals surface area contributed by atoms with Crippen LogP contribution >= 0.6 is 11.3 Å². The molecule has 144 valence electrons. The Hall–Kier alpha value is -2.06. The molecule has 8 heteroatoms. The molecule has 0 N–H and O–H groups in total. The number of carbonyl (C=O) groups is 1. The van der Waals surface area contributed by atoms with Gasteiger partial charge in [0.2, 0.25) is 11.9 Å². The maximum atomic E-state index is 12.8. The molecule has 0 saturated carbocycles. The first kappa shape index (κ1) is 18.3. The molecule has 2 aromatic heterocycles. The molecule has 2 aromatic rings. The summed E-state index contributed by atoms with van der Waals surface area (Å²) < 4.78 is 0. The summed E-state index contributed by atoms with van der Waals surface area (Å²) in [6, 6.07) is 1.84. The van der Waals surface area contributed by atoms with Gasteiger partial charge in [0, 0.05) is 42.3 Å². The summed E-state index contributed by atoms with van der Waals surface area (Å²) in [5, 5.41) is 1.09. The molecule has 1 amide bonds. The summed E-state index contributed by atoms with van der Waals surface area (Å²) in [4.78, 5) is 33.9. The third-order valence-electron chi connectivity index (χ3n) is 5.49. The summed E-state index contributed by atoms with van der Waals surface area (Å²) in [5.41, 5.74) is 1.18. The number of likely N-dealkylation sites (N-methyl/N-ethyl adjacent to an activating group) is 1. The van der Waals surface area contributed by atoms with Gasteiger partial charge in [0.15, 0.2) is 0 Å². The van der Waals surface area contributed by atoms with Crippen LogP contribution in [0.25, 0.3) is 0 Å². The van der Waals surface area contributed by atoms with Crippen LogP contribution in [0.1, 0.15) is 28.4 Å². The highest BCUT2D eigenvalue weighted by atomic mass is 32.1. The van der Waals surface area contributed by atoms with Gasteiger partial charge in [0.05, 0.1) is 23.8 Å². The third-order valence-corrected chi connectivity index (χ3v) is 6.45. The Morgan fingerprint density at radius 2 is 1.96 bits per heavy atom. The van der Waals surface area contributed by atoms with Gasteiger partial charge in [-0.15, -0.1) is 11.3 Å². The van der Waals surface area contributed by atoms with Crippen molar-refractivity contribution in [3.05, 3.63) is 34.0 Å². The molecular weight excluding hydrogens is 360 g/mol. The van der Waals surface area contributed by atoms with Gasteiger partial charge < -0.3 is 14.7 Å². The van der Waals surface area contributed by atoms with Crippen LogP contribution in [0, 0.1) is 6.92 Å². The van der Waals surface area contributed by atoms with Crippen LogP contribution < -0.4 is 4.90 Å². The quantitative estimate of drug-likeness (QED) is 0.800. The first-order valence-electron chi connectivity index (χ1n) is 9.38. The summed E-state index contributed by atoms with van der Waals surface area (Å²) in [6.45, 7) is 5.74. The van der Waals surface area contributed by atoms with E-state index in [1.807, 2.05) is 30.0 Å². The van der Waals surface area contributed by atoms with Crippen molar-refractivity contribution < 1.29 is 4.79 Å². The first-order valence-corrected chi connectivity index (χ1v) is 10.2. The van der Waals surface area contributed by atoms with E-state index in [1.54, 1.807) is 23.7 Å². The van der Waals surface area contributed by atoms with Gasteiger partial charge >= 0.3 is 0 Å². The molecule has 0 aromatic carbocycles. The molecule has 4 heterocycles. The van der Waals surface area contributed by atoms with Crippen molar-refractivity contribution in [1.82, 2.24) is 24.8 Å². The lowest BCUT2D eigenvalue weighted by atomic mass is 9.73. The maximum absolute atomic E-state index is 12.8. The number of piperidine rings is 1. The Kier molecular flexibility index (Phi) is 4.86. The van der Waals surface area contributed by atoms with Crippen LogP contribution in [0.15, 0.2) is 18.5 Å². The van der Waals surface area contributed by atoms with E-state index >= 15 is 0 Å². The third kappa shape index (κ3) is 3.55. The van der Waals surface area contributed by atoms with E-state index in [0.29, 0.717) is 13.1 Å². The zero-order valence-electron chi connectivity index (χ0n) is 16.2. The van der Waals surface area contributed by atoms with Crippen LogP contribution in [0.3, 0.4) is 0 Å². The minimum Gasteiger partial charge on any atom is -0.341 e. The minimum absolute atomic E-state index is 0.0500. The number of rotatable bonds is 3. The maximum Gasteiger partial charge on any atom is 0.237 e. The number of carbonyl (C=O) groups excluding carboxylic acids is 1. The predicted molar refractivity (Wildman–Crippen MR) is 106 cm³/mol. The molecule has 0 bridgehead atoms. The molecule has 1 spiro atoms. The van der Waals surface area contributed by atoms with Gasteiger partial charge in [-0.1, -0.05) is 0 Å². The van der Waals surface area contributed by atoms with Gasteiger partial charge in [-0.2, -0.15) is 0 Å². The molecule has 27 heavy (non-hydrogen) atoms. The Labute approximate surface area is 164 Å². The Bertz CT molecular complexity index is 813. The second-order valence-electron chi connectivity index (χ2n) is 7.81. The fraction of sp³-hybridized carbons (Fsp3) is 0.579. The second kappa shape index (κ2) is 7.16. The fourth-order valence-corrected chi connectivity index (χ4v) is 5.26. The molecule has 7 nitrogen and oxygen atoms in total. The lowest BCUT2D eigenvalue weighted by Crippen LogP contribution is -2.54. The molecule has 0 radical (unpaired) electrons. The number of fused-ring (bicyclic) bond motifs is 2. The standard InChI is InChI=1S/C19H26N6OS/c1-14-22-17-15(27-14)11-25(16(26)12-23(2)3)13-19(17)5-9-24(10-6-19)18-20-7-4-8-21-18/h4,7-8H,5-6,9-13H2,1-3H3. The highest BCUT2D eigenvalue weighted by molar-refractivity contribution is 7.11. The molecule has 0 unspecified atom stereocenters. The van der Waals surface area contributed by atoms with E-state index in [4.69, 9.17) is 4.98 Å². The number of hydrogen-bond donors (Lipinski definition) is 0.